The summed E-state index contributed by atoms with van der Waals surface area (Å²) in [5.74, 6) is 0.221. The van der Waals surface area contributed by atoms with Crippen LogP contribution in [0.25, 0.3) is 5.82 Å². The van der Waals surface area contributed by atoms with Crippen LogP contribution < -0.4 is 5.32 Å². The summed E-state index contributed by atoms with van der Waals surface area (Å²) >= 11 is 0. The number of aromatic nitrogens is 3. The number of carbonyl (C=O) groups excluding carboxylic acids is 1. The highest BCUT2D eigenvalue weighted by molar-refractivity contribution is 6.03. The standard InChI is InChI=1S/C17H16N4O2/c1-12(22)13-6-2-3-7-14(13)20-17(23)15-8-4-9-16(19-15)21-11-5-10-18-21/h2-12,22H,1H3,(H,20,23). The highest BCUT2D eigenvalue weighted by atomic mass is 16.3. The summed E-state index contributed by atoms with van der Waals surface area (Å²) in [6.45, 7) is 1.65. The van der Waals surface area contributed by atoms with Gasteiger partial charge >= 0.3 is 0 Å². The zero-order valence-corrected chi connectivity index (χ0v) is 12.5. The number of aliphatic hydroxyl groups is 1. The van der Waals surface area contributed by atoms with Crippen molar-refractivity contribution in [2.75, 3.05) is 5.32 Å². The van der Waals surface area contributed by atoms with Gasteiger partial charge in [-0.2, -0.15) is 5.10 Å². The first kappa shape index (κ1) is 14.9. The summed E-state index contributed by atoms with van der Waals surface area (Å²) in [4.78, 5) is 16.7. The molecule has 2 aromatic heterocycles. The third-order valence-electron chi connectivity index (χ3n) is 3.37. The summed E-state index contributed by atoms with van der Waals surface area (Å²) in [6.07, 6.45) is 2.73. The van der Waals surface area contributed by atoms with Gasteiger partial charge in [0.25, 0.3) is 5.91 Å². The molecule has 1 atom stereocenters. The van der Waals surface area contributed by atoms with Crippen LogP contribution in [0.2, 0.25) is 0 Å². The Bertz CT molecular complexity index is 813. The summed E-state index contributed by atoms with van der Waals surface area (Å²) in [5.41, 5.74) is 1.50. The molecule has 1 unspecified atom stereocenters. The number of pyridine rings is 1. The molecule has 0 spiro atoms. The first-order valence-electron chi connectivity index (χ1n) is 7.20. The molecule has 2 heterocycles. The molecular weight excluding hydrogens is 292 g/mol. The number of benzene rings is 1. The first-order valence-corrected chi connectivity index (χ1v) is 7.20. The van der Waals surface area contributed by atoms with E-state index in [0.717, 1.165) is 0 Å². The highest BCUT2D eigenvalue weighted by Gasteiger charge is 2.13. The number of amides is 1. The summed E-state index contributed by atoms with van der Waals surface area (Å²) in [7, 11) is 0. The molecule has 3 aromatic rings. The van der Waals surface area contributed by atoms with Crippen LogP contribution in [0.1, 0.15) is 29.1 Å². The van der Waals surface area contributed by atoms with E-state index < -0.39 is 6.10 Å². The Morgan fingerprint density at radius 2 is 2.00 bits per heavy atom. The van der Waals surface area contributed by atoms with Crippen LogP contribution in [0.5, 0.6) is 0 Å². The number of nitrogens with zero attached hydrogens (tertiary/aromatic N) is 3. The Balaban J connectivity index is 1.86. The van der Waals surface area contributed by atoms with Gasteiger partial charge in [0.1, 0.15) is 5.69 Å². The largest absolute Gasteiger partial charge is 0.389 e. The van der Waals surface area contributed by atoms with Crippen molar-refractivity contribution >= 4 is 11.6 Å². The lowest BCUT2D eigenvalue weighted by Gasteiger charge is -2.13. The van der Waals surface area contributed by atoms with Crippen molar-refractivity contribution in [3.63, 3.8) is 0 Å². The first-order chi connectivity index (χ1) is 11.1. The van der Waals surface area contributed by atoms with Gasteiger partial charge in [0.05, 0.1) is 6.10 Å². The number of nitrogens with one attached hydrogen (secondary N) is 1. The van der Waals surface area contributed by atoms with E-state index in [1.807, 2.05) is 6.07 Å². The fraction of sp³-hybridized carbons (Fsp3) is 0.118. The van der Waals surface area contributed by atoms with Gasteiger partial charge in [-0.15, -0.1) is 0 Å². The molecular formula is C17H16N4O2. The Morgan fingerprint density at radius 3 is 2.74 bits per heavy atom. The van der Waals surface area contributed by atoms with Crippen molar-refractivity contribution in [2.45, 2.75) is 13.0 Å². The molecule has 116 valence electrons. The lowest BCUT2D eigenvalue weighted by Crippen LogP contribution is -2.16. The third-order valence-corrected chi connectivity index (χ3v) is 3.37. The Labute approximate surface area is 133 Å². The number of aliphatic hydroxyl groups excluding tert-OH is 1. The molecule has 6 heteroatoms. The molecule has 0 saturated carbocycles. The van der Waals surface area contributed by atoms with Crippen molar-refractivity contribution in [3.05, 3.63) is 72.2 Å². The van der Waals surface area contributed by atoms with Gasteiger partial charge in [0.15, 0.2) is 5.82 Å². The zero-order valence-electron chi connectivity index (χ0n) is 12.5. The monoisotopic (exact) mass is 308 g/mol. The van der Waals surface area contributed by atoms with Crippen molar-refractivity contribution in [3.8, 4) is 5.82 Å². The molecule has 0 aliphatic rings. The van der Waals surface area contributed by atoms with Gasteiger partial charge in [-0.1, -0.05) is 24.3 Å². The van der Waals surface area contributed by atoms with Crippen molar-refractivity contribution < 1.29 is 9.90 Å². The van der Waals surface area contributed by atoms with Crippen molar-refractivity contribution in [1.29, 1.82) is 0 Å². The molecule has 3 rings (SSSR count). The summed E-state index contributed by atoms with van der Waals surface area (Å²) in [6, 6.07) is 14.1. The second-order valence-corrected chi connectivity index (χ2v) is 5.05. The molecule has 1 aromatic carbocycles. The SMILES string of the molecule is CC(O)c1ccccc1NC(=O)c1cccc(-n2cccn2)n1. The van der Waals surface area contributed by atoms with E-state index in [1.165, 1.54) is 0 Å². The minimum atomic E-state index is -0.671. The van der Waals surface area contributed by atoms with Gasteiger partial charge in [0.2, 0.25) is 0 Å². The van der Waals surface area contributed by atoms with Gasteiger partial charge in [0, 0.05) is 23.6 Å². The molecule has 0 fully saturated rings. The third kappa shape index (κ3) is 3.27. The van der Waals surface area contributed by atoms with E-state index in [1.54, 1.807) is 66.5 Å². The van der Waals surface area contributed by atoms with E-state index in [-0.39, 0.29) is 11.6 Å². The maximum absolute atomic E-state index is 12.4. The quantitative estimate of drug-likeness (QED) is 0.776. The molecule has 0 saturated heterocycles. The highest BCUT2D eigenvalue weighted by Crippen LogP contribution is 2.22. The van der Waals surface area contributed by atoms with E-state index >= 15 is 0 Å². The van der Waals surface area contributed by atoms with Crippen LogP contribution in [0.4, 0.5) is 5.69 Å². The van der Waals surface area contributed by atoms with Gasteiger partial charge < -0.3 is 10.4 Å². The van der Waals surface area contributed by atoms with Crippen LogP contribution >= 0.6 is 0 Å². The molecule has 0 bridgehead atoms. The predicted molar refractivity (Wildman–Crippen MR) is 86.4 cm³/mol. The van der Waals surface area contributed by atoms with Crippen LogP contribution in [-0.2, 0) is 0 Å². The molecule has 6 nitrogen and oxygen atoms in total. The fourth-order valence-electron chi connectivity index (χ4n) is 2.24. The Hall–Kier alpha value is -2.99. The Kier molecular flexibility index (Phi) is 4.16. The van der Waals surface area contributed by atoms with Crippen molar-refractivity contribution in [1.82, 2.24) is 14.8 Å². The minimum absolute atomic E-state index is 0.276. The second-order valence-electron chi connectivity index (χ2n) is 5.05. The van der Waals surface area contributed by atoms with E-state index in [9.17, 15) is 9.90 Å². The predicted octanol–water partition coefficient (Wildman–Crippen LogP) is 2.57. The minimum Gasteiger partial charge on any atom is -0.389 e. The lowest BCUT2D eigenvalue weighted by atomic mass is 10.1. The molecule has 2 N–H and O–H groups in total. The maximum Gasteiger partial charge on any atom is 0.274 e. The number of hydrogen-bond acceptors (Lipinski definition) is 4. The molecule has 0 aliphatic heterocycles. The number of carbonyl (C=O) groups is 1. The number of rotatable bonds is 4. The van der Waals surface area contributed by atoms with Crippen LogP contribution in [-0.4, -0.2) is 25.8 Å². The number of hydrogen-bond donors (Lipinski definition) is 2. The summed E-state index contributed by atoms with van der Waals surface area (Å²) < 4.78 is 1.58. The second kappa shape index (κ2) is 6.41. The van der Waals surface area contributed by atoms with Crippen LogP contribution in [0.15, 0.2) is 60.9 Å². The van der Waals surface area contributed by atoms with E-state index in [0.29, 0.717) is 17.1 Å². The topological polar surface area (TPSA) is 80.0 Å². The lowest BCUT2D eigenvalue weighted by molar-refractivity contribution is 0.102. The Morgan fingerprint density at radius 1 is 1.17 bits per heavy atom. The molecule has 23 heavy (non-hydrogen) atoms. The van der Waals surface area contributed by atoms with Gasteiger partial charge in [-0.05, 0) is 31.2 Å². The molecule has 0 aliphatic carbocycles. The fourth-order valence-corrected chi connectivity index (χ4v) is 2.24. The number of anilines is 1. The zero-order chi connectivity index (χ0) is 16.2. The van der Waals surface area contributed by atoms with Gasteiger partial charge in [-0.25, -0.2) is 9.67 Å². The van der Waals surface area contributed by atoms with E-state index in [4.69, 9.17) is 0 Å². The molecule has 0 radical (unpaired) electrons. The van der Waals surface area contributed by atoms with E-state index in [2.05, 4.69) is 15.4 Å². The summed E-state index contributed by atoms with van der Waals surface area (Å²) in [5, 5.41) is 16.7. The smallest absolute Gasteiger partial charge is 0.274 e. The van der Waals surface area contributed by atoms with Crippen LogP contribution in [0.3, 0.4) is 0 Å². The van der Waals surface area contributed by atoms with Crippen LogP contribution in [0, 0.1) is 0 Å². The van der Waals surface area contributed by atoms with Crippen molar-refractivity contribution in [2.24, 2.45) is 0 Å². The normalized spacial score (nSPS) is 11.9. The number of para-hydroxylation sites is 1. The average Bonchev–Trinajstić information content (AvgIpc) is 3.10. The maximum atomic E-state index is 12.4. The van der Waals surface area contributed by atoms with Gasteiger partial charge in [-0.3, -0.25) is 4.79 Å². The average molecular weight is 308 g/mol. The molecule has 1 amide bonds.